The Kier molecular flexibility index (Phi) is 4.81. The van der Waals surface area contributed by atoms with E-state index in [1.165, 1.54) is 6.42 Å². The van der Waals surface area contributed by atoms with E-state index in [2.05, 4.69) is 20.0 Å². The van der Waals surface area contributed by atoms with Gasteiger partial charge < -0.3 is 9.64 Å². The largest absolute Gasteiger partial charge is 0.381 e. The number of ether oxygens (including phenoxy) is 1. The van der Waals surface area contributed by atoms with Gasteiger partial charge in [0.15, 0.2) is 0 Å². The zero-order chi connectivity index (χ0) is 17.1. The molecule has 4 rings (SSSR count). The fourth-order valence-corrected chi connectivity index (χ4v) is 3.71. The normalized spacial score (nSPS) is 21.6. The van der Waals surface area contributed by atoms with Crippen molar-refractivity contribution in [1.29, 1.82) is 0 Å². The molecule has 2 saturated heterocycles. The van der Waals surface area contributed by atoms with Crippen molar-refractivity contribution < 1.29 is 4.74 Å². The molecule has 2 aliphatic rings. The fourth-order valence-electron chi connectivity index (χ4n) is 3.71. The average Bonchev–Trinajstić information content (AvgIpc) is 3.16. The minimum absolute atomic E-state index is 0.153. The molecule has 25 heavy (non-hydrogen) atoms. The first-order chi connectivity index (χ1) is 12.3. The predicted molar refractivity (Wildman–Crippen MR) is 97.9 cm³/mol. The van der Waals surface area contributed by atoms with Crippen molar-refractivity contribution >= 4 is 5.69 Å². The van der Waals surface area contributed by atoms with Gasteiger partial charge in [-0.2, -0.15) is 5.10 Å². The SMILES string of the molecule is O=c1cc(N2CCN(CC3CCOC3)CC2)c(-c2ccccc2)n[nH]1. The molecule has 6 heteroatoms. The first-order valence-electron chi connectivity index (χ1n) is 9.00. The van der Waals surface area contributed by atoms with Crippen LogP contribution in [-0.4, -0.2) is 61.0 Å². The van der Waals surface area contributed by atoms with Gasteiger partial charge in [0.1, 0.15) is 5.69 Å². The van der Waals surface area contributed by atoms with Crippen molar-refractivity contribution in [2.45, 2.75) is 6.42 Å². The van der Waals surface area contributed by atoms with Crippen LogP contribution in [0.2, 0.25) is 0 Å². The summed E-state index contributed by atoms with van der Waals surface area (Å²) in [5.41, 5.74) is 2.65. The maximum Gasteiger partial charge on any atom is 0.266 e. The number of nitrogens with one attached hydrogen (secondary N) is 1. The van der Waals surface area contributed by atoms with E-state index in [-0.39, 0.29) is 5.56 Å². The van der Waals surface area contributed by atoms with Crippen molar-refractivity contribution in [1.82, 2.24) is 15.1 Å². The van der Waals surface area contributed by atoms with Crippen LogP contribution in [0.4, 0.5) is 5.69 Å². The van der Waals surface area contributed by atoms with Crippen LogP contribution in [-0.2, 0) is 4.74 Å². The topological polar surface area (TPSA) is 61.5 Å². The Morgan fingerprint density at radius 2 is 1.96 bits per heavy atom. The molecule has 0 radical (unpaired) electrons. The van der Waals surface area contributed by atoms with Crippen LogP contribution >= 0.6 is 0 Å². The summed E-state index contributed by atoms with van der Waals surface area (Å²) >= 11 is 0. The van der Waals surface area contributed by atoms with Crippen molar-refractivity contribution in [2.75, 3.05) is 50.8 Å². The van der Waals surface area contributed by atoms with Crippen LogP contribution in [0, 0.1) is 5.92 Å². The molecular weight excluding hydrogens is 316 g/mol. The molecule has 0 saturated carbocycles. The number of hydrogen-bond acceptors (Lipinski definition) is 5. The lowest BCUT2D eigenvalue weighted by molar-refractivity contribution is 0.164. The van der Waals surface area contributed by atoms with E-state index in [0.29, 0.717) is 5.92 Å². The lowest BCUT2D eigenvalue weighted by Gasteiger charge is -2.37. The monoisotopic (exact) mass is 340 g/mol. The van der Waals surface area contributed by atoms with Gasteiger partial charge in [0.05, 0.1) is 12.3 Å². The molecule has 6 nitrogen and oxygen atoms in total. The molecule has 3 heterocycles. The molecule has 1 atom stereocenters. The highest BCUT2D eigenvalue weighted by atomic mass is 16.5. The van der Waals surface area contributed by atoms with E-state index in [4.69, 9.17) is 4.74 Å². The van der Waals surface area contributed by atoms with Gasteiger partial charge in [-0.1, -0.05) is 30.3 Å². The maximum atomic E-state index is 11.8. The van der Waals surface area contributed by atoms with E-state index < -0.39 is 0 Å². The van der Waals surface area contributed by atoms with E-state index in [0.717, 1.165) is 62.9 Å². The second-order valence-electron chi connectivity index (χ2n) is 6.85. The third kappa shape index (κ3) is 3.75. The van der Waals surface area contributed by atoms with Crippen molar-refractivity contribution in [2.24, 2.45) is 5.92 Å². The van der Waals surface area contributed by atoms with Gasteiger partial charge in [-0.15, -0.1) is 0 Å². The number of hydrogen-bond donors (Lipinski definition) is 1. The van der Waals surface area contributed by atoms with E-state index in [1.54, 1.807) is 6.07 Å². The minimum Gasteiger partial charge on any atom is -0.381 e. The molecule has 1 aromatic carbocycles. The van der Waals surface area contributed by atoms with Gasteiger partial charge in [-0.05, 0) is 12.3 Å². The number of aromatic amines is 1. The summed E-state index contributed by atoms with van der Waals surface area (Å²) in [6, 6.07) is 11.7. The van der Waals surface area contributed by atoms with Crippen LogP contribution in [0.25, 0.3) is 11.3 Å². The number of benzene rings is 1. The summed E-state index contributed by atoms with van der Waals surface area (Å²) < 4.78 is 5.48. The van der Waals surface area contributed by atoms with E-state index in [1.807, 2.05) is 30.3 Å². The predicted octanol–water partition coefficient (Wildman–Crippen LogP) is 1.60. The van der Waals surface area contributed by atoms with Crippen LogP contribution in [0.3, 0.4) is 0 Å². The maximum absolute atomic E-state index is 11.8. The molecular formula is C19H24N4O2. The van der Waals surface area contributed by atoms with Crippen molar-refractivity contribution in [3.63, 3.8) is 0 Å². The third-order valence-electron chi connectivity index (χ3n) is 5.09. The molecule has 0 bridgehead atoms. The highest BCUT2D eigenvalue weighted by Crippen LogP contribution is 2.28. The summed E-state index contributed by atoms with van der Waals surface area (Å²) in [4.78, 5) is 16.6. The second-order valence-corrected chi connectivity index (χ2v) is 6.85. The Morgan fingerprint density at radius 1 is 1.16 bits per heavy atom. The molecule has 1 unspecified atom stereocenters. The van der Waals surface area contributed by atoms with Gasteiger partial charge in [-0.3, -0.25) is 9.69 Å². The Labute approximate surface area is 147 Å². The van der Waals surface area contributed by atoms with E-state index >= 15 is 0 Å². The van der Waals surface area contributed by atoms with Gasteiger partial charge >= 0.3 is 0 Å². The zero-order valence-corrected chi connectivity index (χ0v) is 14.4. The number of rotatable bonds is 4. The van der Waals surface area contributed by atoms with Gasteiger partial charge in [-0.25, -0.2) is 5.10 Å². The van der Waals surface area contributed by atoms with Crippen molar-refractivity contribution in [3.8, 4) is 11.3 Å². The molecule has 1 aromatic heterocycles. The Morgan fingerprint density at radius 3 is 2.68 bits per heavy atom. The molecule has 132 valence electrons. The van der Waals surface area contributed by atoms with Crippen LogP contribution in [0.15, 0.2) is 41.2 Å². The molecule has 1 N–H and O–H groups in total. The summed E-state index contributed by atoms with van der Waals surface area (Å²) in [7, 11) is 0. The summed E-state index contributed by atoms with van der Waals surface area (Å²) in [5, 5.41) is 6.89. The van der Waals surface area contributed by atoms with E-state index in [9.17, 15) is 4.79 Å². The second kappa shape index (κ2) is 7.37. The number of anilines is 1. The summed E-state index contributed by atoms with van der Waals surface area (Å²) in [6.45, 7) is 6.78. The standard InChI is InChI=1S/C19H24N4O2/c24-18-12-17(19(21-20-18)16-4-2-1-3-5-16)23-9-7-22(8-10-23)13-15-6-11-25-14-15/h1-5,12,15H,6-11,13-14H2,(H,20,24). The molecule has 2 aliphatic heterocycles. The highest BCUT2D eigenvalue weighted by Gasteiger charge is 2.24. The quantitative estimate of drug-likeness (QED) is 0.916. The van der Waals surface area contributed by atoms with Crippen LogP contribution < -0.4 is 10.5 Å². The fraction of sp³-hybridized carbons (Fsp3) is 0.474. The van der Waals surface area contributed by atoms with Gasteiger partial charge in [0, 0.05) is 51.0 Å². The first-order valence-corrected chi connectivity index (χ1v) is 9.00. The molecule has 0 amide bonds. The highest BCUT2D eigenvalue weighted by molar-refractivity contribution is 5.74. The Balaban J connectivity index is 1.49. The molecule has 2 fully saturated rings. The summed E-state index contributed by atoms with van der Waals surface area (Å²) in [6.07, 6.45) is 1.18. The lowest BCUT2D eigenvalue weighted by Crippen LogP contribution is -2.48. The molecule has 0 spiro atoms. The van der Waals surface area contributed by atoms with Crippen LogP contribution in [0.1, 0.15) is 6.42 Å². The number of H-pyrrole nitrogens is 1. The Bertz CT molecular complexity index is 748. The average molecular weight is 340 g/mol. The zero-order valence-electron chi connectivity index (χ0n) is 14.4. The number of nitrogens with zero attached hydrogens (tertiary/aromatic N) is 3. The van der Waals surface area contributed by atoms with Crippen LogP contribution in [0.5, 0.6) is 0 Å². The number of aromatic nitrogens is 2. The molecule has 0 aliphatic carbocycles. The smallest absolute Gasteiger partial charge is 0.266 e. The first kappa shape index (κ1) is 16.3. The molecule has 2 aromatic rings. The van der Waals surface area contributed by atoms with Crippen molar-refractivity contribution in [3.05, 3.63) is 46.8 Å². The van der Waals surface area contributed by atoms with Gasteiger partial charge in [0.25, 0.3) is 5.56 Å². The number of piperazine rings is 1. The summed E-state index contributed by atoms with van der Waals surface area (Å²) in [5.74, 6) is 0.674. The van der Waals surface area contributed by atoms with Gasteiger partial charge in [0.2, 0.25) is 0 Å². The third-order valence-corrected chi connectivity index (χ3v) is 5.09. The minimum atomic E-state index is -0.153. The lowest BCUT2D eigenvalue weighted by atomic mass is 10.1. The Hall–Kier alpha value is -2.18.